The van der Waals surface area contributed by atoms with E-state index in [0.29, 0.717) is 36.0 Å². The second-order valence-corrected chi connectivity index (χ2v) is 14.3. The van der Waals surface area contributed by atoms with Crippen LogP contribution in [0.1, 0.15) is 111 Å². The Morgan fingerprint density at radius 2 is 1.75 bits per heavy atom. The third-order valence-electron chi connectivity index (χ3n) is 9.63. The van der Waals surface area contributed by atoms with E-state index < -0.39 is 0 Å². The van der Waals surface area contributed by atoms with Crippen molar-refractivity contribution in [1.29, 1.82) is 0 Å². The van der Waals surface area contributed by atoms with Gasteiger partial charge in [-0.05, 0) is 90.3 Å². The Kier molecular flexibility index (Phi) is 11.1. The maximum Gasteiger partial charge on any atom is 0.218 e. The molecule has 0 radical (unpaired) electrons. The number of rotatable bonds is 9. The number of nitrogens with zero attached hydrogens (tertiary/aromatic N) is 1. The zero-order valence-electron chi connectivity index (χ0n) is 25.5. The van der Waals surface area contributed by atoms with Crippen molar-refractivity contribution in [3.8, 4) is 0 Å². The summed E-state index contributed by atoms with van der Waals surface area (Å²) in [7, 11) is 0. The van der Waals surface area contributed by atoms with E-state index in [1.54, 1.807) is 6.26 Å². The van der Waals surface area contributed by atoms with Crippen LogP contribution < -0.4 is 0 Å². The van der Waals surface area contributed by atoms with Crippen molar-refractivity contribution in [2.45, 2.75) is 130 Å². The third kappa shape index (κ3) is 8.07. The van der Waals surface area contributed by atoms with Gasteiger partial charge in [0.1, 0.15) is 24.3 Å². The normalized spacial score (nSPS) is 39.0. The first-order valence-electron chi connectivity index (χ1n) is 15.3. The predicted octanol–water partition coefficient (Wildman–Crippen LogP) is 8.50. The first-order chi connectivity index (χ1) is 19.0. The molecule has 224 valence electrons. The molecule has 10 atom stereocenters. The van der Waals surface area contributed by atoms with Gasteiger partial charge >= 0.3 is 0 Å². The van der Waals surface area contributed by atoms with Crippen LogP contribution in [-0.2, 0) is 19.0 Å². The first-order valence-corrected chi connectivity index (χ1v) is 16.5. The van der Waals surface area contributed by atoms with Gasteiger partial charge in [-0.1, -0.05) is 70.2 Å². The van der Waals surface area contributed by atoms with Crippen molar-refractivity contribution >= 4 is 35.0 Å². The second-order valence-electron chi connectivity index (χ2n) is 13.7. The van der Waals surface area contributed by atoms with Gasteiger partial charge in [0.25, 0.3) is 0 Å². The monoisotopic (exact) mass is 667 g/mol. The van der Waals surface area contributed by atoms with Crippen molar-refractivity contribution in [2.75, 3.05) is 0 Å². The third-order valence-corrected chi connectivity index (χ3v) is 10.6. The molecule has 3 saturated heterocycles. The highest BCUT2D eigenvalue weighted by Crippen LogP contribution is 2.42. The number of carbonyl (C=O) groups is 1. The van der Waals surface area contributed by atoms with Crippen LogP contribution in [0.3, 0.4) is 0 Å². The van der Waals surface area contributed by atoms with E-state index in [1.807, 2.05) is 6.08 Å². The molecule has 3 aliphatic rings. The molecule has 40 heavy (non-hydrogen) atoms. The molecule has 1 aromatic heterocycles. The van der Waals surface area contributed by atoms with E-state index in [9.17, 15) is 4.79 Å². The fourth-order valence-corrected chi connectivity index (χ4v) is 7.52. The molecule has 0 N–H and O–H groups in total. The Morgan fingerprint density at radius 3 is 2.48 bits per heavy atom. The van der Waals surface area contributed by atoms with Crippen molar-refractivity contribution in [3.05, 3.63) is 33.6 Å². The number of carbonyl (C=O) groups excluding carboxylic acids is 1. The number of oxazole rings is 1. The van der Waals surface area contributed by atoms with Crippen molar-refractivity contribution < 1.29 is 23.4 Å². The van der Waals surface area contributed by atoms with Crippen molar-refractivity contribution in [1.82, 2.24) is 4.98 Å². The summed E-state index contributed by atoms with van der Waals surface area (Å²) in [5.74, 6) is 2.73. The highest BCUT2D eigenvalue weighted by atomic mass is 127. The standard InChI is InChI=1S/C33H50INO5/c1-20-13-26(15-27-17-33(6,7)16-25(38-27)11-12-36)39-30(14-20)28-19-37-31(35-28)10-8-9-29-23(4)22(3)24(5)32(40-29)21(2)18-34/h8,10,12,18-20,22-27,29-30,32H,9,11,13-17H2,1-7H3/b10-8+,21-18+/t20?,22-,23+,24+,25-,26-,27-,29+,30+,32-/m0/s1. The van der Waals surface area contributed by atoms with Gasteiger partial charge in [-0.15, -0.1) is 0 Å². The fraction of sp³-hybridized carbons (Fsp3) is 0.758. The minimum absolute atomic E-state index is 0.0132. The molecule has 4 heterocycles. The smallest absolute Gasteiger partial charge is 0.218 e. The second kappa shape index (κ2) is 14.0. The van der Waals surface area contributed by atoms with E-state index >= 15 is 0 Å². The predicted molar refractivity (Wildman–Crippen MR) is 167 cm³/mol. The SMILES string of the molecule is C/C(=C\I)[C@@H]1O[C@H](C/C=C/c2nc([C@H]3CC(C)C[C@@H](C[C@H]4CC(C)(C)C[C@H](CC=O)O4)O3)co2)[C@H](C)[C@H](C)[C@H]1C. The Balaban J connectivity index is 1.34. The van der Waals surface area contributed by atoms with Crippen LogP contribution in [0.2, 0.25) is 0 Å². The van der Waals surface area contributed by atoms with Crippen LogP contribution in [0.25, 0.3) is 6.08 Å². The molecule has 6 nitrogen and oxygen atoms in total. The molecule has 7 heteroatoms. The van der Waals surface area contributed by atoms with Gasteiger partial charge in [-0.25, -0.2) is 4.98 Å². The first kappa shape index (κ1) is 31.9. The van der Waals surface area contributed by atoms with Crippen LogP contribution in [-0.4, -0.2) is 41.8 Å². The van der Waals surface area contributed by atoms with E-state index in [0.717, 1.165) is 50.5 Å². The molecular formula is C33H50INO5. The highest BCUT2D eigenvalue weighted by Gasteiger charge is 2.40. The molecule has 0 aliphatic carbocycles. The maximum absolute atomic E-state index is 11.1. The Hall–Kier alpha value is -1.03. The summed E-state index contributed by atoms with van der Waals surface area (Å²) in [5.41, 5.74) is 2.34. The summed E-state index contributed by atoms with van der Waals surface area (Å²) in [4.78, 5) is 15.9. The molecular weight excluding hydrogens is 617 g/mol. The van der Waals surface area contributed by atoms with Gasteiger partial charge in [0.2, 0.25) is 5.89 Å². The quantitative estimate of drug-likeness (QED) is 0.194. The van der Waals surface area contributed by atoms with Crippen LogP contribution in [0, 0.1) is 29.1 Å². The molecule has 0 saturated carbocycles. The van der Waals surface area contributed by atoms with Gasteiger partial charge in [0.15, 0.2) is 0 Å². The Morgan fingerprint density at radius 1 is 1.00 bits per heavy atom. The summed E-state index contributed by atoms with van der Waals surface area (Å²) in [6.45, 7) is 16.0. The minimum Gasteiger partial charge on any atom is -0.445 e. The minimum atomic E-state index is -0.0742. The molecule has 4 rings (SSSR count). The van der Waals surface area contributed by atoms with Crippen LogP contribution >= 0.6 is 22.6 Å². The lowest BCUT2D eigenvalue weighted by Gasteiger charge is -2.44. The maximum atomic E-state index is 11.1. The number of aldehydes is 1. The summed E-state index contributed by atoms with van der Waals surface area (Å²) in [5, 5.41) is 0. The lowest BCUT2D eigenvalue weighted by Crippen LogP contribution is -2.44. The summed E-state index contributed by atoms with van der Waals surface area (Å²) >= 11 is 2.32. The van der Waals surface area contributed by atoms with Gasteiger partial charge in [-0.2, -0.15) is 0 Å². The zero-order chi connectivity index (χ0) is 29.0. The molecule has 1 aromatic rings. The average molecular weight is 668 g/mol. The summed E-state index contributed by atoms with van der Waals surface area (Å²) in [6, 6.07) is 0. The van der Waals surface area contributed by atoms with Crippen LogP contribution in [0.15, 0.2) is 26.4 Å². The van der Waals surface area contributed by atoms with Crippen molar-refractivity contribution in [2.24, 2.45) is 29.1 Å². The molecule has 1 unspecified atom stereocenters. The van der Waals surface area contributed by atoms with Crippen LogP contribution in [0.5, 0.6) is 0 Å². The summed E-state index contributed by atoms with van der Waals surface area (Å²) < 4.78 is 27.5. The largest absolute Gasteiger partial charge is 0.445 e. The number of halogens is 1. The van der Waals surface area contributed by atoms with E-state index in [4.69, 9.17) is 23.6 Å². The number of ether oxygens (including phenoxy) is 3. The number of hydrogen-bond acceptors (Lipinski definition) is 6. The molecule has 3 fully saturated rings. The summed E-state index contributed by atoms with van der Waals surface area (Å²) in [6.07, 6.45) is 13.4. The Labute approximate surface area is 255 Å². The fourth-order valence-electron chi connectivity index (χ4n) is 7.17. The molecule has 0 spiro atoms. The van der Waals surface area contributed by atoms with Crippen LogP contribution in [0.4, 0.5) is 0 Å². The molecule has 0 aromatic carbocycles. The molecule has 3 aliphatic heterocycles. The molecule has 0 bridgehead atoms. The van der Waals surface area contributed by atoms with E-state index in [2.05, 4.69) is 81.2 Å². The van der Waals surface area contributed by atoms with Gasteiger partial charge in [-0.3, -0.25) is 0 Å². The Bertz CT molecular complexity index is 1030. The van der Waals surface area contributed by atoms with E-state index in [1.165, 1.54) is 5.57 Å². The van der Waals surface area contributed by atoms with Gasteiger partial charge in [0, 0.05) is 6.42 Å². The number of hydrogen-bond donors (Lipinski definition) is 0. The lowest BCUT2D eigenvalue weighted by atomic mass is 9.74. The highest BCUT2D eigenvalue weighted by molar-refractivity contribution is 14.1. The average Bonchev–Trinajstić information content (AvgIpc) is 3.36. The lowest BCUT2D eigenvalue weighted by molar-refractivity contribution is -0.141. The van der Waals surface area contributed by atoms with Crippen molar-refractivity contribution in [3.63, 3.8) is 0 Å². The molecule has 0 amide bonds. The van der Waals surface area contributed by atoms with Gasteiger partial charge < -0.3 is 23.4 Å². The zero-order valence-corrected chi connectivity index (χ0v) is 27.6. The van der Waals surface area contributed by atoms with Gasteiger partial charge in [0.05, 0.1) is 30.5 Å². The topological polar surface area (TPSA) is 70.8 Å². The number of aromatic nitrogens is 1. The van der Waals surface area contributed by atoms with E-state index in [-0.39, 0.29) is 42.0 Å².